The van der Waals surface area contributed by atoms with Crippen molar-refractivity contribution in [3.05, 3.63) is 41.7 Å². The number of carbonyl (C=O) groups excluding carboxylic acids is 1. The Hall–Kier alpha value is -2.50. The molecule has 0 spiro atoms. The molecule has 0 bridgehead atoms. The van der Waals surface area contributed by atoms with Crippen LogP contribution in [0.2, 0.25) is 0 Å². The zero-order chi connectivity index (χ0) is 14.7. The van der Waals surface area contributed by atoms with E-state index in [0.717, 1.165) is 11.4 Å². The Balaban J connectivity index is 2.08. The van der Waals surface area contributed by atoms with Gasteiger partial charge in [-0.25, -0.2) is 0 Å². The lowest BCUT2D eigenvalue weighted by atomic mass is 10.1. The van der Waals surface area contributed by atoms with E-state index in [1.54, 1.807) is 30.9 Å². The van der Waals surface area contributed by atoms with Crippen molar-refractivity contribution >= 4 is 17.3 Å². The molecule has 106 valence electrons. The van der Waals surface area contributed by atoms with Crippen LogP contribution in [-0.4, -0.2) is 34.7 Å². The molecule has 0 unspecified atom stereocenters. The summed E-state index contributed by atoms with van der Waals surface area (Å²) in [6.45, 7) is 0.589. The summed E-state index contributed by atoms with van der Waals surface area (Å²) in [5.41, 5.74) is 8.83. The van der Waals surface area contributed by atoms with Gasteiger partial charge in [-0.15, -0.1) is 0 Å². The zero-order valence-electron chi connectivity index (χ0n) is 11.9. The van der Waals surface area contributed by atoms with Crippen LogP contribution in [0.5, 0.6) is 0 Å². The van der Waals surface area contributed by atoms with Gasteiger partial charge in [-0.1, -0.05) is 0 Å². The fourth-order valence-electron chi connectivity index (χ4n) is 1.86. The number of hydrogen-bond donors (Lipinski definition) is 2. The Morgan fingerprint density at radius 2 is 2.15 bits per heavy atom. The van der Waals surface area contributed by atoms with Crippen LogP contribution in [0, 0.1) is 0 Å². The Morgan fingerprint density at radius 3 is 2.70 bits per heavy atom. The number of nitrogens with one attached hydrogen (secondary N) is 1. The first-order valence-corrected chi connectivity index (χ1v) is 6.31. The largest absolute Gasteiger partial charge is 0.397 e. The number of aryl methyl sites for hydroxylation is 1. The molecule has 0 saturated carbocycles. The number of nitrogens with zero attached hydrogens (tertiary/aromatic N) is 3. The highest BCUT2D eigenvalue weighted by atomic mass is 16.2. The molecule has 1 amide bonds. The SMILES string of the molecule is CN(C)C(=O)c1ccc(NCc2ccn(C)n2)c(N)c1. The van der Waals surface area contributed by atoms with E-state index >= 15 is 0 Å². The average molecular weight is 273 g/mol. The number of hydrogen-bond acceptors (Lipinski definition) is 4. The molecule has 1 aromatic heterocycles. The monoisotopic (exact) mass is 273 g/mol. The average Bonchev–Trinajstić information content (AvgIpc) is 2.82. The molecular weight excluding hydrogens is 254 g/mol. The molecule has 0 fully saturated rings. The van der Waals surface area contributed by atoms with Crippen LogP contribution in [0.15, 0.2) is 30.5 Å². The molecule has 1 heterocycles. The minimum atomic E-state index is -0.0621. The van der Waals surface area contributed by atoms with Gasteiger partial charge in [0.1, 0.15) is 0 Å². The molecule has 2 rings (SSSR count). The van der Waals surface area contributed by atoms with Crippen LogP contribution in [0.1, 0.15) is 16.1 Å². The first-order valence-electron chi connectivity index (χ1n) is 6.31. The molecule has 0 saturated heterocycles. The molecule has 0 atom stereocenters. The van der Waals surface area contributed by atoms with Crippen molar-refractivity contribution in [3.63, 3.8) is 0 Å². The van der Waals surface area contributed by atoms with Gasteiger partial charge in [0.25, 0.3) is 5.91 Å². The molecule has 6 nitrogen and oxygen atoms in total. The second-order valence-corrected chi connectivity index (χ2v) is 4.84. The number of rotatable bonds is 4. The first-order chi connectivity index (χ1) is 9.47. The van der Waals surface area contributed by atoms with E-state index in [4.69, 9.17) is 5.73 Å². The van der Waals surface area contributed by atoms with E-state index in [-0.39, 0.29) is 5.91 Å². The van der Waals surface area contributed by atoms with Gasteiger partial charge >= 0.3 is 0 Å². The highest BCUT2D eigenvalue weighted by Crippen LogP contribution is 2.21. The summed E-state index contributed by atoms with van der Waals surface area (Å²) in [6, 6.07) is 7.20. The minimum Gasteiger partial charge on any atom is -0.397 e. The van der Waals surface area contributed by atoms with Crippen LogP contribution in [-0.2, 0) is 13.6 Å². The molecule has 6 heteroatoms. The molecule has 1 aromatic carbocycles. The van der Waals surface area contributed by atoms with Crippen LogP contribution in [0.25, 0.3) is 0 Å². The summed E-state index contributed by atoms with van der Waals surface area (Å²) in [4.78, 5) is 13.4. The number of carbonyl (C=O) groups is 1. The van der Waals surface area contributed by atoms with Crippen LogP contribution >= 0.6 is 0 Å². The maximum atomic E-state index is 11.8. The third-order valence-electron chi connectivity index (χ3n) is 2.93. The lowest BCUT2D eigenvalue weighted by Gasteiger charge is -2.13. The maximum absolute atomic E-state index is 11.8. The van der Waals surface area contributed by atoms with Crippen molar-refractivity contribution in [1.82, 2.24) is 14.7 Å². The molecular formula is C14H19N5O. The summed E-state index contributed by atoms with van der Waals surface area (Å²) in [5, 5.41) is 7.49. The highest BCUT2D eigenvalue weighted by molar-refractivity contribution is 5.95. The van der Waals surface area contributed by atoms with Gasteiger partial charge in [-0.3, -0.25) is 9.48 Å². The van der Waals surface area contributed by atoms with Gasteiger partial charge < -0.3 is 16.0 Å². The molecule has 0 aliphatic heterocycles. The third-order valence-corrected chi connectivity index (χ3v) is 2.93. The van der Waals surface area contributed by atoms with Crippen LogP contribution < -0.4 is 11.1 Å². The molecule has 3 N–H and O–H groups in total. The van der Waals surface area contributed by atoms with Gasteiger partial charge in [-0.2, -0.15) is 5.10 Å². The van der Waals surface area contributed by atoms with Gasteiger partial charge in [-0.05, 0) is 24.3 Å². The van der Waals surface area contributed by atoms with Gasteiger partial charge in [0.05, 0.1) is 23.6 Å². The van der Waals surface area contributed by atoms with Crippen molar-refractivity contribution in [3.8, 4) is 0 Å². The topological polar surface area (TPSA) is 76.2 Å². The smallest absolute Gasteiger partial charge is 0.253 e. The number of amides is 1. The number of aromatic nitrogens is 2. The van der Waals surface area contributed by atoms with E-state index in [1.165, 1.54) is 4.90 Å². The predicted octanol–water partition coefficient (Wildman–Crippen LogP) is 1.32. The molecule has 20 heavy (non-hydrogen) atoms. The number of nitrogens with two attached hydrogens (primary N) is 1. The zero-order valence-corrected chi connectivity index (χ0v) is 11.9. The second-order valence-electron chi connectivity index (χ2n) is 4.84. The van der Waals surface area contributed by atoms with Gasteiger partial charge in [0, 0.05) is 32.9 Å². The second kappa shape index (κ2) is 5.64. The van der Waals surface area contributed by atoms with E-state index in [2.05, 4.69) is 10.4 Å². The predicted molar refractivity (Wildman–Crippen MR) is 79.4 cm³/mol. The summed E-state index contributed by atoms with van der Waals surface area (Å²) < 4.78 is 1.75. The normalized spacial score (nSPS) is 10.3. The fourth-order valence-corrected chi connectivity index (χ4v) is 1.86. The first kappa shape index (κ1) is 13.9. The van der Waals surface area contributed by atoms with Gasteiger partial charge in [0.15, 0.2) is 0 Å². The third kappa shape index (κ3) is 3.09. The number of benzene rings is 1. The highest BCUT2D eigenvalue weighted by Gasteiger charge is 2.10. The summed E-state index contributed by atoms with van der Waals surface area (Å²) in [6.07, 6.45) is 1.89. The summed E-state index contributed by atoms with van der Waals surface area (Å²) in [7, 11) is 5.30. The minimum absolute atomic E-state index is 0.0621. The molecule has 0 aliphatic rings. The van der Waals surface area contributed by atoms with E-state index < -0.39 is 0 Å². The van der Waals surface area contributed by atoms with Crippen LogP contribution in [0.4, 0.5) is 11.4 Å². The van der Waals surface area contributed by atoms with Crippen LogP contribution in [0.3, 0.4) is 0 Å². The van der Waals surface area contributed by atoms with E-state index in [9.17, 15) is 4.79 Å². The lowest BCUT2D eigenvalue weighted by Crippen LogP contribution is -2.21. The Labute approximate surface area is 118 Å². The van der Waals surface area contributed by atoms with Crippen molar-refractivity contribution in [2.45, 2.75) is 6.54 Å². The van der Waals surface area contributed by atoms with E-state index in [0.29, 0.717) is 17.8 Å². The van der Waals surface area contributed by atoms with Crippen molar-refractivity contribution in [1.29, 1.82) is 0 Å². The Kier molecular flexibility index (Phi) is 3.93. The lowest BCUT2D eigenvalue weighted by molar-refractivity contribution is 0.0827. The molecule has 0 radical (unpaired) electrons. The molecule has 0 aliphatic carbocycles. The van der Waals surface area contributed by atoms with Crippen molar-refractivity contribution in [2.24, 2.45) is 7.05 Å². The number of nitrogen functional groups attached to an aromatic ring is 1. The fraction of sp³-hybridized carbons (Fsp3) is 0.286. The number of anilines is 2. The van der Waals surface area contributed by atoms with Gasteiger partial charge in [0.2, 0.25) is 0 Å². The maximum Gasteiger partial charge on any atom is 0.253 e. The van der Waals surface area contributed by atoms with Crippen molar-refractivity contribution < 1.29 is 4.79 Å². The summed E-state index contributed by atoms with van der Waals surface area (Å²) >= 11 is 0. The standard InChI is InChI=1S/C14H19N5O/c1-18(2)14(20)10-4-5-13(12(15)8-10)16-9-11-6-7-19(3)17-11/h4-8,16H,9,15H2,1-3H3. The Morgan fingerprint density at radius 1 is 1.40 bits per heavy atom. The quantitative estimate of drug-likeness (QED) is 0.824. The summed E-state index contributed by atoms with van der Waals surface area (Å²) in [5.74, 6) is -0.0621. The van der Waals surface area contributed by atoms with E-state index in [1.807, 2.05) is 25.4 Å². The van der Waals surface area contributed by atoms with Crippen molar-refractivity contribution in [2.75, 3.05) is 25.1 Å². The Bertz CT molecular complexity index is 618. The molecule has 2 aromatic rings.